The number of benzene rings is 2. The lowest BCUT2D eigenvalue weighted by Gasteiger charge is -2.42. The summed E-state index contributed by atoms with van der Waals surface area (Å²) in [6.07, 6.45) is 1.11. The van der Waals surface area contributed by atoms with Gasteiger partial charge in [0.1, 0.15) is 23.1 Å². The molecule has 0 bridgehead atoms. The van der Waals surface area contributed by atoms with Crippen LogP contribution in [0.3, 0.4) is 0 Å². The summed E-state index contributed by atoms with van der Waals surface area (Å²) in [5, 5.41) is 11.2. The van der Waals surface area contributed by atoms with Crippen LogP contribution in [0.5, 0.6) is 11.5 Å². The molecule has 0 radical (unpaired) electrons. The van der Waals surface area contributed by atoms with Crippen molar-refractivity contribution in [3.63, 3.8) is 0 Å². The number of carbonyl (C=O) groups excluding carboxylic acids is 2. The molecule has 2 N–H and O–H groups in total. The number of aromatic hydroxyl groups is 1. The van der Waals surface area contributed by atoms with Crippen LogP contribution in [-0.2, 0) is 11.2 Å². The topological polar surface area (TPSA) is 89.1 Å². The lowest BCUT2D eigenvalue weighted by Crippen LogP contribution is -2.53. The van der Waals surface area contributed by atoms with Crippen molar-refractivity contribution in [3.8, 4) is 11.5 Å². The molecule has 3 heterocycles. The van der Waals surface area contributed by atoms with E-state index in [2.05, 4.69) is 4.98 Å². The van der Waals surface area contributed by atoms with Gasteiger partial charge in [-0.3, -0.25) is 14.6 Å². The van der Waals surface area contributed by atoms with Gasteiger partial charge in [-0.15, -0.1) is 0 Å². The van der Waals surface area contributed by atoms with Gasteiger partial charge in [-0.05, 0) is 82.4 Å². The molecule has 2 atom stereocenters. The highest BCUT2D eigenvalue weighted by Crippen LogP contribution is 2.49. The second-order valence-electron chi connectivity index (χ2n) is 9.87. The molecule has 0 saturated carbocycles. The molecule has 3 aromatic rings. The van der Waals surface area contributed by atoms with E-state index in [1.165, 1.54) is 4.90 Å². The number of fused-ring (bicyclic) bond motifs is 4. The molecule has 2 aliphatic rings. The van der Waals surface area contributed by atoms with Crippen molar-refractivity contribution in [2.75, 3.05) is 33.8 Å². The number of nitrogens with zero attached hydrogens (tertiary/aromatic N) is 3. The van der Waals surface area contributed by atoms with Crippen LogP contribution in [0.15, 0.2) is 42.5 Å². The minimum absolute atomic E-state index is 0.117. The number of rotatable bonds is 7. The van der Waals surface area contributed by atoms with Crippen LogP contribution in [0, 0.1) is 0 Å². The number of urea groups is 1. The van der Waals surface area contributed by atoms with Gasteiger partial charge in [0.2, 0.25) is 0 Å². The monoisotopic (exact) mass is 476 g/mol. The van der Waals surface area contributed by atoms with Gasteiger partial charge in [-0.1, -0.05) is 12.1 Å². The van der Waals surface area contributed by atoms with Crippen LogP contribution in [0.2, 0.25) is 0 Å². The van der Waals surface area contributed by atoms with Gasteiger partial charge < -0.3 is 19.7 Å². The molecular formula is C27H32N4O4. The normalized spacial score (nSPS) is 21.7. The van der Waals surface area contributed by atoms with Crippen LogP contribution in [-0.4, -0.2) is 76.1 Å². The second kappa shape index (κ2) is 8.61. The number of H-pyrrole nitrogens is 1. The summed E-state index contributed by atoms with van der Waals surface area (Å²) in [7, 11) is 3.95. The molecule has 35 heavy (non-hydrogen) atoms. The lowest BCUT2D eigenvalue weighted by atomic mass is 9.81. The molecule has 5 rings (SSSR count). The Kier molecular flexibility index (Phi) is 5.71. The highest BCUT2D eigenvalue weighted by atomic mass is 16.5. The van der Waals surface area contributed by atoms with E-state index in [9.17, 15) is 14.7 Å². The zero-order chi connectivity index (χ0) is 24.9. The van der Waals surface area contributed by atoms with Crippen molar-refractivity contribution >= 4 is 22.8 Å². The largest absolute Gasteiger partial charge is 0.508 e. The summed E-state index contributed by atoms with van der Waals surface area (Å²) in [5.74, 6) is 0.710. The van der Waals surface area contributed by atoms with E-state index in [4.69, 9.17) is 4.74 Å². The van der Waals surface area contributed by atoms with E-state index < -0.39 is 11.6 Å². The van der Waals surface area contributed by atoms with Gasteiger partial charge in [-0.2, -0.15) is 0 Å². The first-order valence-corrected chi connectivity index (χ1v) is 12.1. The van der Waals surface area contributed by atoms with Crippen LogP contribution >= 0.6 is 0 Å². The number of amides is 3. The summed E-state index contributed by atoms with van der Waals surface area (Å²) in [5.41, 5.74) is 2.52. The standard InChI is InChI=1S/C27H32N4O4/c1-5-35-19-10-11-22-20(15-19)21-16-27(2)25(33)30(13-7-12-29(3)4)26(34)31(27)24(23(21)28-22)17-8-6-9-18(32)14-17/h6,8-11,14-15,24,28,32H,5,7,12-13,16H2,1-4H3. The molecule has 3 amide bonds. The fourth-order valence-corrected chi connectivity index (χ4v) is 5.53. The van der Waals surface area contributed by atoms with E-state index in [1.807, 2.05) is 57.1 Å². The van der Waals surface area contributed by atoms with Crippen molar-refractivity contribution in [1.29, 1.82) is 0 Å². The Bertz CT molecular complexity index is 1300. The molecule has 2 aliphatic heterocycles. The maximum atomic E-state index is 13.8. The molecule has 0 aliphatic carbocycles. The minimum Gasteiger partial charge on any atom is -0.508 e. The smallest absolute Gasteiger partial charge is 0.328 e. The number of ether oxygens (including phenoxy) is 1. The van der Waals surface area contributed by atoms with Crippen LogP contribution in [0.1, 0.15) is 43.1 Å². The average Bonchev–Trinajstić information content (AvgIpc) is 3.25. The summed E-state index contributed by atoms with van der Waals surface area (Å²) >= 11 is 0. The minimum atomic E-state index is -1.03. The number of carbonyl (C=O) groups is 2. The van der Waals surface area contributed by atoms with Crippen molar-refractivity contribution in [2.45, 2.75) is 38.3 Å². The quantitative estimate of drug-likeness (QED) is 0.505. The number of aromatic amines is 1. The van der Waals surface area contributed by atoms with E-state index >= 15 is 0 Å². The maximum absolute atomic E-state index is 13.8. The SMILES string of the molecule is CCOc1ccc2[nH]c3c(c2c1)CC1(C)C(=O)N(CCCN(C)C)C(=O)N1C3c1cccc(O)c1. The van der Waals surface area contributed by atoms with E-state index in [0.29, 0.717) is 26.0 Å². The fourth-order valence-electron chi connectivity index (χ4n) is 5.53. The first kappa shape index (κ1) is 23.2. The molecule has 2 aromatic carbocycles. The number of nitrogens with one attached hydrogen (secondary N) is 1. The van der Waals surface area contributed by atoms with Gasteiger partial charge in [0.05, 0.1) is 6.61 Å². The number of hydrogen-bond acceptors (Lipinski definition) is 5. The van der Waals surface area contributed by atoms with Crippen LogP contribution in [0.4, 0.5) is 4.79 Å². The Morgan fingerprint density at radius 2 is 2.00 bits per heavy atom. The Morgan fingerprint density at radius 3 is 2.71 bits per heavy atom. The molecule has 1 saturated heterocycles. The van der Waals surface area contributed by atoms with Gasteiger partial charge >= 0.3 is 6.03 Å². The third kappa shape index (κ3) is 3.72. The Hall–Kier alpha value is -3.52. The predicted octanol–water partition coefficient (Wildman–Crippen LogP) is 3.89. The van der Waals surface area contributed by atoms with Gasteiger partial charge in [0.25, 0.3) is 5.91 Å². The predicted molar refractivity (Wildman–Crippen MR) is 134 cm³/mol. The van der Waals surface area contributed by atoms with Crippen molar-refractivity contribution in [3.05, 3.63) is 59.3 Å². The number of imide groups is 1. The van der Waals surface area contributed by atoms with Gasteiger partial charge in [0, 0.05) is 29.6 Å². The van der Waals surface area contributed by atoms with Crippen LogP contribution in [0.25, 0.3) is 10.9 Å². The zero-order valence-corrected chi connectivity index (χ0v) is 20.7. The third-order valence-electron chi connectivity index (χ3n) is 7.12. The molecule has 2 unspecified atom stereocenters. The third-order valence-corrected chi connectivity index (χ3v) is 7.12. The molecule has 8 nitrogen and oxygen atoms in total. The van der Waals surface area contributed by atoms with E-state index in [1.54, 1.807) is 23.1 Å². The molecule has 8 heteroatoms. The first-order chi connectivity index (χ1) is 16.7. The van der Waals surface area contributed by atoms with Crippen molar-refractivity contribution in [1.82, 2.24) is 19.7 Å². The van der Waals surface area contributed by atoms with Crippen molar-refractivity contribution < 1.29 is 19.4 Å². The highest BCUT2D eigenvalue weighted by Gasteiger charge is 2.60. The molecule has 1 fully saturated rings. The van der Waals surface area contributed by atoms with Gasteiger partial charge in [0.15, 0.2) is 0 Å². The molecular weight excluding hydrogens is 444 g/mol. The molecule has 184 valence electrons. The molecule has 0 spiro atoms. The molecule has 1 aromatic heterocycles. The summed E-state index contributed by atoms with van der Waals surface area (Å²) in [6, 6.07) is 12.0. The zero-order valence-electron chi connectivity index (χ0n) is 20.7. The maximum Gasteiger partial charge on any atom is 0.328 e. The lowest BCUT2D eigenvalue weighted by molar-refractivity contribution is -0.133. The number of hydrogen-bond donors (Lipinski definition) is 2. The number of phenolic OH excluding ortho intramolecular Hbond substituents is 1. The number of aromatic nitrogens is 1. The Morgan fingerprint density at radius 1 is 1.20 bits per heavy atom. The summed E-state index contributed by atoms with van der Waals surface area (Å²) < 4.78 is 5.74. The first-order valence-electron chi connectivity index (χ1n) is 12.1. The summed E-state index contributed by atoms with van der Waals surface area (Å²) in [6.45, 7) is 5.53. The Balaban J connectivity index is 1.66. The fraction of sp³-hybridized carbons (Fsp3) is 0.407. The number of phenols is 1. The van der Waals surface area contributed by atoms with E-state index in [0.717, 1.165) is 40.0 Å². The Labute approximate surface area is 205 Å². The van der Waals surface area contributed by atoms with Crippen LogP contribution < -0.4 is 4.74 Å². The van der Waals surface area contributed by atoms with Gasteiger partial charge in [-0.25, -0.2) is 4.79 Å². The highest BCUT2D eigenvalue weighted by molar-refractivity contribution is 6.08. The summed E-state index contributed by atoms with van der Waals surface area (Å²) in [4.78, 5) is 36.3. The second-order valence-corrected chi connectivity index (χ2v) is 9.87. The average molecular weight is 477 g/mol. The van der Waals surface area contributed by atoms with E-state index in [-0.39, 0.29) is 17.7 Å². The van der Waals surface area contributed by atoms with Crippen molar-refractivity contribution in [2.24, 2.45) is 0 Å².